The van der Waals surface area contributed by atoms with Crippen LogP contribution >= 0.6 is 0 Å². The minimum absolute atomic E-state index is 0.112. The van der Waals surface area contributed by atoms with Gasteiger partial charge in [0.15, 0.2) is 0 Å². The lowest BCUT2D eigenvalue weighted by atomic mass is 10.2. The predicted octanol–water partition coefficient (Wildman–Crippen LogP) is 4.66. The molecule has 29 heavy (non-hydrogen) atoms. The molecule has 1 saturated carbocycles. The average Bonchev–Trinajstić information content (AvgIpc) is 3.54. The highest BCUT2D eigenvalue weighted by Crippen LogP contribution is 2.28. The maximum absolute atomic E-state index is 13.0. The van der Waals surface area contributed by atoms with Gasteiger partial charge in [0.05, 0.1) is 0 Å². The van der Waals surface area contributed by atoms with E-state index in [0.29, 0.717) is 30.2 Å². The number of amides is 1. The number of anilines is 2. The summed E-state index contributed by atoms with van der Waals surface area (Å²) in [6.07, 6.45) is 3.77. The van der Waals surface area contributed by atoms with Gasteiger partial charge in [-0.15, -0.1) is 0 Å². The molecule has 0 spiro atoms. The molecule has 1 aromatic heterocycles. The molecule has 148 valence electrons. The van der Waals surface area contributed by atoms with E-state index in [1.165, 1.54) is 24.3 Å². The molecule has 1 N–H and O–H groups in total. The van der Waals surface area contributed by atoms with Gasteiger partial charge < -0.3 is 15.0 Å². The SMILES string of the molecule is CC(=O)N(Cc1ccc(Nc2nccc(Oc3ccc(F)cc3)n2)cc1)C1CC1. The molecule has 1 amide bonds. The molecule has 6 nitrogen and oxygen atoms in total. The van der Waals surface area contributed by atoms with E-state index >= 15 is 0 Å². The summed E-state index contributed by atoms with van der Waals surface area (Å²) in [5.74, 6) is 1.02. The molecule has 1 aliphatic carbocycles. The Balaban J connectivity index is 1.40. The van der Waals surface area contributed by atoms with E-state index in [9.17, 15) is 9.18 Å². The third kappa shape index (κ3) is 5.07. The molecule has 0 saturated heterocycles. The van der Waals surface area contributed by atoms with E-state index in [2.05, 4.69) is 15.3 Å². The fourth-order valence-electron chi connectivity index (χ4n) is 2.99. The zero-order chi connectivity index (χ0) is 20.2. The van der Waals surface area contributed by atoms with Gasteiger partial charge in [-0.25, -0.2) is 9.37 Å². The zero-order valence-electron chi connectivity index (χ0n) is 16.0. The van der Waals surface area contributed by atoms with E-state index in [1.54, 1.807) is 19.2 Å². The topological polar surface area (TPSA) is 67.4 Å². The normalized spacial score (nSPS) is 13.0. The Labute approximate surface area is 168 Å². The fourth-order valence-corrected chi connectivity index (χ4v) is 2.99. The second-order valence-electron chi connectivity index (χ2n) is 6.97. The van der Waals surface area contributed by atoms with Crippen LogP contribution in [0, 0.1) is 5.82 Å². The van der Waals surface area contributed by atoms with Crippen LogP contribution in [0.2, 0.25) is 0 Å². The van der Waals surface area contributed by atoms with Gasteiger partial charge in [-0.1, -0.05) is 12.1 Å². The van der Waals surface area contributed by atoms with E-state index in [4.69, 9.17) is 4.74 Å². The lowest BCUT2D eigenvalue weighted by Crippen LogP contribution is -2.30. The van der Waals surface area contributed by atoms with Crippen LogP contribution < -0.4 is 10.1 Å². The third-order valence-electron chi connectivity index (χ3n) is 4.62. The van der Waals surface area contributed by atoms with Gasteiger partial charge in [0.2, 0.25) is 17.7 Å². The maximum Gasteiger partial charge on any atom is 0.230 e. The van der Waals surface area contributed by atoms with Crippen LogP contribution in [0.3, 0.4) is 0 Å². The van der Waals surface area contributed by atoms with Crippen LogP contribution in [0.4, 0.5) is 16.0 Å². The summed E-state index contributed by atoms with van der Waals surface area (Å²) in [5, 5.41) is 3.13. The standard InChI is InChI=1S/C22H21FN4O2/c1-15(28)27(19-8-9-19)14-16-2-6-18(7-3-16)25-22-24-13-12-21(26-22)29-20-10-4-17(23)5-11-20/h2-7,10-13,19H,8-9,14H2,1H3,(H,24,25,26). The Hall–Kier alpha value is -3.48. The largest absolute Gasteiger partial charge is 0.439 e. The monoisotopic (exact) mass is 392 g/mol. The molecule has 1 aliphatic rings. The van der Waals surface area contributed by atoms with Gasteiger partial charge in [0.1, 0.15) is 11.6 Å². The molecule has 1 fully saturated rings. The lowest BCUT2D eigenvalue weighted by molar-refractivity contribution is -0.130. The first-order chi connectivity index (χ1) is 14.1. The number of nitrogens with one attached hydrogen (secondary N) is 1. The number of halogens is 1. The number of carbonyl (C=O) groups is 1. The number of ether oxygens (including phenoxy) is 1. The highest BCUT2D eigenvalue weighted by Gasteiger charge is 2.30. The van der Waals surface area contributed by atoms with Crippen LogP contribution in [0.25, 0.3) is 0 Å². The maximum atomic E-state index is 13.0. The Kier molecular flexibility index (Phi) is 5.37. The molecule has 0 atom stereocenters. The van der Waals surface area contributed by atoms with Crippen molar-refractivity contribution in [2.75, 3.05) is 5.32 Å². The van der Waals surface area contributed by atoms with Crippen molar-refractivity contribution in [1.82, 2.24) is 14.9 Å². The molecule has 3 aromatic rings. The molecule has 2 aromatic carbocycles. The third-order valence-corrected chi connectivity index (χ3v) is 4.62. The van der Waals surface area contributed by atoms with Crippen molar-refractivity contribution in [1.29, 1.82) is 0 Å². The Morgan fingerprint density at radius 2 is 1.86 bits per heavy atom. The van der Waals surface area contributed by atoms with Crippen LogP contribution in [0.5, 0.6) is 11.6 Å². The summed E-state index contributed by atoms with van der Waals surface area (Å²) in [5.41, 5.74) is 1.90. The fraction of sp³-hybridized carbons (Fsp3) is 0.227. The minimum atomic E-state index is -0.325. The number of carbonyl (C=O) groups excluding carboxylic acids is 1. The van der Waals surface area contributed by atoms with Crippen molar-refractivity contribution in [2.45, 2.75) is 32.4 Å². The van der Waals surface area contributed by atoms with E-state index < -0.39 is 0 Å². The number of aromatic nitrogens is 2. The van der Waals surface area contributed by atoms with Crippen LogP contribution in [-0.2, 0) is 11.3 Å². The second kappa shape index (κ2) is 8.26. The van der Waals surface area contributed by atoms with Crippen molar-refractivity contribution in [2.24, 2.45) is 0 Å². The van der Waals surface area contributed by atoms with Gasteiger partial charge in [-0.05, 0) is 54.8 Å². The molecule has 4 rings (SSSR count). The van der Waals surface area contributed by atoms with Crippen molar-refractivity contribution in [3.05, 3.63) is 72.2 Å². The second-order valence-corrected chi connectivity index (χ2v) is 6.97. The van der Waals surface area contributed by atoms with Crippen molar-refractivity contribution in [3.63, 3.8) is 0 Å². The zero-order valence-corrected chi connectivity index (χ0v) is 16.0. The van der Waals surface area contributed by atoms with Crippen molar-refractivity contribution >= 4 is 17.5 Å². The van der Waals surface area contributed by atoms with E-state index in [0.717, 1.165) is 24.1 Å². The van der Waals surface area contributed by atoms with Crippen LogP contribution in [0.1, 0.15) is 25.3 Å². The summed E-state index contributed by atoms with van der Waals surface area (Å²) in [4.78, 5) is 22.2. The van der Waals surface area contributed by atoms with Crippen molar-refractivity contribution < 1.29 is 13.9 Å². The summed E-state index contributed by atoms with van der Waals surface area (Å²) < 4.78 is 18.6. The number of benzene rings is 2. The minimum Gasteiger partial charge on any atom is -0.439 e. The highest BCUT2D eigenvalue weighted by atomic mass is 19.1. The molecule has 0 bridgehead atoms. The lowest BCUT2D eigenvalue weighted by Gasteiger charge is -2.20. The average molecular weight is 392 g/mol. The predicted molar refractivity (Wildman–Crippen MR) is 107 cm³/mol. The highest BCUT2D eigenvalue weighted by molar-refractivity contribution is 5.74. The van der Waals surface area contributed by atoms with Crippen molar-refractivity contribution in [3.8, 4) is 11.6 Å². The van der Waals surface area contributed by atoms with Crippen LogP contribution in [0.15, 0.2) is 60.8 Å². The molecule has 7 heteroatoms. The first-order valence-electron chi connectivity index (χ1n) is 9.46. The molecular weight excluding hydrogens is 371 g/mol. The number of rotatable bonds is 7. The molecule has 1 heterocycles. The molecule has 0 unspecified atom stereocenters. The van der Waals surface area contributed by atoms with Gasteiger partial charge >= 0.3 is 0 Å². The number of hydrogen-bond donors (Lipinski definition) is 1. The van der Waals surface area contributed by atoms with E-state index in [1.807, 2.05) is 29.2 Å². The Morgan fingerprint density at radius 1 is 1.14 bits per heavy atom. The first kappa shape index (κ1) is 18.9. The van der Waals surface area contributed by atoms with E-state index in [-0.39, 0.29) is 11.7 Å². The van der Waals surface area contributed by atoms with Gasteiger partial charge in [0, 0.05) is 37.5 Å². The molecule has 0 radical (unpaired) electrons. The summed E-state index contributed by atoms with van der Waals surface area (Å²) in [7, 11) is 0. The van der Waals surface area contributed by atoms with Gasteiger partial charge in [-0.2, -0.15) is 4.98 Å². The number of hydrogen-bond acceptors (Lipinski definition) is 5. The first-order valence-corrected chi connectivity index (χ1v) is 9.46. The quantitative estimate of drug-likeness (QED) is 0.633. The Morgan fingerprint density at radius 3 is 2.52 bits per heavy atom. The number of nitrogens with zero attached hydrogens (tertiary/aromatic N) is 3. The van der Waals surface area contributed by atoms with Crippen LogP contribution in [-0.4, -0.2) is 26.8 Å². The smallest absolute Gasteiger partial charge is 0.230 e. The molecule has 0 aliphatic heterocycles. The Bertz CT molecular complexity index is 988. The summed E-state index contributed by atoms with van der Waals surface area (Å²) in [6.45, 7) is 2.24. The summed E-state index contributed by atoms with van der Waals surface area (Å²) in [6, 6.07) is 15.6. The van der Waals surface area contributed by atoms with Gasteiger partial charge in [0.25, 0.3) is 0 Å². The molecular formula is C22H21FN4O2. The summed E-state index contributed by atoms with van der Waals surface area (Å²) >= 11 is 0. The van der Waals surface area contributed by atoms with Gasteiger partial charge in [-0.3, -0.25) is 4.79 Å².